The molecular weight excluding hydrogens is 354 g/mol. The third-order valence-electron chi connectivity index (χ3n) is 4.59. The Morgan fingerprint density at radius 1 is 0.963 bits per heavy atom. The second kappa shape index (κ2) is 6.17. The van der Waals surface area contributed by atoms with Gasteiger partial charge in [0, 0.05) is 43.3 Å². The van der Waals surface area contributed by atoms with Crippen molar-refractivity contribution in [2.75, 3.05) is 19.0 Å². The Labute approximate surface area is 160 Å². The van der Waals surface area contributed by atoms with Crippen LogP contribution in [0.4, 0.5) is 5.69 Å². The Balaban J connectivity index is 1.63. The minimum atomic E-state index is 0.866. The van der Waals surface area contributed by atoms with E-state index in [2.05, 4.69) is 51.3 Å². The summed E-state index contributed by atoms with van der Waals surface area (Å²) < 4.78 is 1.08. The predicted octanol–water partition coefficient (Wildman–Crippen LogP) is 4.97. The second-order valence-electron chi connectivity index (χ2n) is 6.59. The predicted molar refractivity (Wildman–Crippen MR) is 112 cm³/mol. The van der Waals surface area contributed by atoms with Crippen molar-refractivity contribution in [3.63, 3.8) is 0 Å². The van der Waals surface area contributed by atoms with Crippen LogP contribution in [0.15, 0.2) is 60.9 Å². The number of imidazole rings is 1. The highest BCUT2D eigenvalue weighted by Gasteiger charge is 2.14. The van der Waals surface area contributed by atoms with Gasteiger partial charge < -0.3 is 9.88 Å². The number of fused-ring (bicyclic) bond motifs is 2. The van der Waals surface area contributed by atoms with Gasteiger partial charge in [0.1, 0.15) is 10.8 Å². The number of H-pyrrole nitrogens is 1. The lowest BCUT2D eigenvalue weighted by molar-refractivity contribution is 1.13. The van der Waals surface area contributed by atoms with Crippen LogP contribution in [0.25, 0.3) is 43.2 Å². The van der Waals surface area contributed by atoms with Crippen LogP contribution >= 0.6 is 11.3 Å². The van der Waals surface area contributed by atoms with Gasteiger partial charge >= 0.3 is 0 Å². The van der Waals surface area contributed by atoms with E-state index in [-0.39, 0.29) is 0 Å². The molecule has 0 fully saturated rings. The van der Waals surface area contributed by atoms with Gasteiger partial charge in [0.2, 0.25) is 0 Å². The number of nitrogens with zero attached hydrogens (tertiary/aromatic N) is 4. The number of hydrogen-bond donors (Lipinski definition) is 1. The van der Waals surface area contributed by atoms with E-state index in [0.717, 1.165) is 43.2 Å². The van der Waals surface area contributed by atoms with E-state index in [0.29, 0.717) is 0 Å². The van der Waals surface area contributed by atoms with E-state index in [4.69, 9.17) is 9.97 Å². The molecule has 0 aliphatic carbocycles. The maximum Gasteiger partial charge on any atom is 0.138 e. The van der Waals surface area contributed by atoms with Gasteiger partial charge in [-0.05, 0) is 42.5 Å². The van der Waals surface area contributed by atoms with Gasteiger partial charge in [-0.1, -0.05) is 6.07 Å². The Morgan fingerprint density at radius 2 is 1.81 bits per heavy atom. The molecule has 0 spiro atoms. The average molecular weight is 371 g/mol. The van der Waals surface area contributed by atoms with Crippen LogP contribution < -0.4 is 4.90 Å². The smallest absolute Gasteiger partial charge is 0.138 e. The number of aromatic amines is 1. The van der Waals surface area contributed by atoms with Crippen LogP contribution in [0.1, 0.15) is 0 Å². The van der Waals surface area contributed by atoms with Crippen molar-refractivity contribution in [1.82, 2.24) is 19.9 Å². The molecule has 27 heavy (non-hydrogen) atoms. The number of hydrogen-bond acceptors (Lipinski definition) is 5. The van der Waals surface area contributed by atoms with E-state index in [1.807, 2.05) is 32.4 Å². The van der Waals surface area contributed by atoms with E-state index < -0.39 is 0 Å². The van der Waals surface area contributed by atoms with Gasteiger partial charge in [-0.15, -0.1) is 11.3 Å². The van der Waals surface area contributed by atoms with Gasteiger partial charge in [-0.3, -0.25) is 4.98 Å². The second-order valence-corrected chi connectivity index (χ2v) is 7.62. The Bertz CT molecular complexity index is 1220. The van der Waals surface area contributed by atoms with Crippen LogP contribution in [0.2, 0.25) is 0 Å². The minimum absolute atomic E-state index is 0.866. The number of pyridine rings is 1. The molecule has 0 amide bonds. The molecule has 0 bridgehead atoms. The largest absolute Gasteiger partial charge is 0.378 e. The van der Waals surface area contributed by atoms with Crippen molar-refractivity contribution in [1.29, 1.82) is 0 Å². The first-order valence-electron chi connectivity index (χ1n) is 8.66. The molecule has 0 radical (unpaired) electrons. The molecule has 0 atom stereocenters. The molecule has 5 rings (SSSR count). The third kappa shape index (κ3) is 2.74. The maximum absolute atomic E-state index is 4.89. The standard InChI is InChI=1S/C21H17N5S/c1-26(2)14-8-6-13(7-9-14)20-23-17-5-3-4-15(19(17)25-20)21-24-16-10-11-22-12-18(16)27-21/h3-12H,1-2H3,(H,23,25). The Kier molecular flexibility index (Phi) is 3.65. The van der Waals surface area contributed by atoms with Crippen molar-refractivity contribution in [3.05, 3.63) is 60.9 Å². The van der Waals surface area contributed by atoms with Crippen LogP contribution in [0, 0.1) is 0 Å². The summed E-state index contributed by atoms with van der Waals surface area (Å²) in [4.78, 5) is 19.4. The zero-order chi connectivity index (χ0) is 18.4. The molecule has 6 heteroatoms. The number of benzene rings is 2. The highest BCUT2D eigenvalue weighted by molar-refractivity contribution is 7.21. The van der Waals surface area contributed by atoms with Crippen molar-refractivity contribution in [2.45, 2.75) is 0 Å². The Hall–Kier alpha value is -3.25. The van der Waals surface area contributed by atoms with Gasteiger partial charge in [0.15, 0.2) is 0 Å². The zero-order valence-corrected chi connectivity index (χ0v) is 15.8. The summed E-state index contributed by atoms with van der Waals surface area (Å²) in [7, 11) is 4.08. The molecule has 0 saturated heterocycles. The number of aromatic nitrogens is 4. The quantitative estimate of drug-likeness (QED) is 0.487. The fourth-order valence-electron chi connectivity index (χ4n) is 3.15. The van der Waals surface area contributed by atoms with Crippen LogP contribution in [-0.2, 0) is 0 Å². The fraction of sp³-hybridized carbons (Fsp3) is 0.0952. The van der Waals surface area contributed by atoms with Crippen molar-refractivity contribution < 1.29 is 0 Å². The average Bonchev–Trinajstić information content (AvgIpc) is 3.31. The molecule has 0 unspecified atom stereocenters. The normalized spacial score (nSPS) is 11.3. The molecule has 132 valence electrons. The van der Waals surface area contributed by atoms with E-state index in [1.165, 1.54) is 5.69 Å². The fourth-order valence-corrected chi connectivity index (χ4v) is 4.11. The summed E-state index contributed by atoms with van der Waals surface area (Å²) in [5.41, 5.74) is 6.20. The van der Waals surface area contributed by atoms with Crippen LogP contribution in [-0.4, -0.2) is 34.0 Å². The zero-order valence-electron chi connectivity index (χ0n) is 15.0. The summed E-state index contributed by atoms with van der Waals surface area (Å²) in [5, 5.41) is 0.963. The number of para-hydroxylation sites is 1. The molecular formula is C21H17N5S. The Morgan fingerprint density at radius 3 is 2.59 bits per heavy atom. The van der Waals surface area contributed by atoms with Gasteiger partial charge in [-0.2, -0.15) is 0 Å². The van der Waals surface area contributed by atoms with Crippen molar-refractivity contribution in [3.8, 4) is 22.0 Å². The molecule has 5 nitrogen and oxygen atoms in total. The first-order chi connectivity index (χ1) is 13.2. The van der Waals surface area contributed by atoms with Crippen molar-refractivity contribution in [2.24, 2.45) is 0 Å². The monoisotopic (exact) mass is 371 g/mol. The lowest BCUT2D eigenvalue weighted by Crippen LogP contribution is -2.07. The molecule has 2 aromatic carbocycles. The summed E-state index contributed by atoms with van der Waals surface area (Å²) in [5.74, 6) is 0.866. The summed E-state index contributed by atoms with van der Waals surface area (Å²) in [6.45, 7) is 0. The van der Waals surface area contributed by atoms with Crippen LogP contribution in [0.5, 0.6) is 0 Å². The molecule has 0 saturated carbocycles. The molecule has 5 aromatic rings. The molecule has 3 aromatic heterocycles. The molecule has 1 N–H and O–H groups in total. The maximum atomic E-state index is 4.89. The molecule has 0 aliphatic heterocycles. The van der Waals surface area contributed by atoms with Crippen LogP contribution in [0.3, 0.4) is 0 Å². The first kappa shape index (κ1) is 16.0. The van der Waals surface area contributed by atoms with E-state index in [9.17, 15) is 0 Å². The summed E-state index contributed by atoms with van der Waals surface area (Å²) in [6, 6.07) is 16.5. The van der Waals surface area contributed by atoms with Gasteiger partial charge in [0.25, 0.3) is 0 Å². The molecule has 3 heterocycles. The van der Waals surface area contributed by atoms with E-state index in [1.54, 1.807) is 17.5 Å². The third-order valence-corrected chi connectivity index (χ3v) is 5.63. The van der Waals surface area contributed by atoms with Gasteiger partial charge in [-0.25, -0.2) is 9.97 Å². The summed E-state index contributed by atoms with van der Waals surface area (Å²) in [6.07, 6.45) is 3.63. The summed E-state index contributed by atoms with van der Waals surface area (Å²) >= 11 is 1.64. The number of thiazole rings is 1. The van der Waals surface area contributed by atoms with E-state index >= 15 is 0 Å². The lowest BCUT2D eigenvalue weighted by Gasteiger charge is -2.12. The van der Waals surface area contributed by atoms with Crippen molar-refractivity contribution >= 4 is 38.3 Å². The number of rotatable bonds is 3. The first-order valence-corrected chi connectivity index (χ1v) is 9.48. The van der Waals surface area contributed by atoms with Gasteiger partial charge in [0.05, 0.1) is 21.3 Å². The molecule has 0 aliphatic rings. The number of nitrogens with one attached hydrogen (secondary N) is 1. The highest BCUT2D eigenvalue weighted by atomic mass is 32.1. The topological polar surface area (TPSA) is 57.7 Å². The SMILES string of the molecule is CN(C)c1ccc(-c2nc3c(-c4nc5ccncc5s4)cccc3[nH]2)cc1. The number of anilines is 1. The highest BCUT2D eigenvalue weighted by Crippen LogP contribution is 2.34. The minimum Gasteiger partial charge on any atom is -0.378 e. The lowest BCUT2D eigenvalue weighted by atomic mass is 10.2.